The highest BCUT2D eigenvalue weighted by Crippen LogP contribution is 2.49. The number of hydrogen-bond donors (Lipinski definition) is 1. The van der Waals surface area contributed by atoms with Gasteiger partial charge in [-0.3, -0.25) is 4.79 Å². The largest absolute Gasteiger partial charge is 0.493 e. The lowest BCUT2D eigenvalue weighted by Gasteiger charge is -2.20. The standard InChI is InChI=1S/C29H25NO10/c1-33-18-9-14(10-21-26(18)38-13-37-21)22-23-24(16-7-5-6-8-17(16)39-29(23)32)40-27(22)28(31)30-15-11-19(34-2)25(36-4)20(12-15)35-3/h5-12,22,27H,13H2,1-4H3,(H,30,31)/t22-,27-/m1/s1. The molecule has 0 bridgehead atoms. The summed E-state index contributed by atoms with van der Waals surface area (Å²) < 4.78 is 44.8. The zero-order valence-electron chi connectivity index (χ0n) is 22.1. The van der Waals surface area contributed by atoms with Crippen LogP contribution < -0.4 is 44.1 Å². The van der Waals surface area contributed by atoms with E-state index in [0.717, 1.165) is 0 Å². The van der Waals surface area contributed by atoms with E-state index in [1.165, 1.54) is 28.4 Å². The average Bonchev–Trinajstić information content (AvgIpc) is 3.62. The van der Waals surface area contributed by atoms with Gasteiger partial charge in [0.25, 0.3) is 5.91 Å². The van der Waals surface area contributed by atoms with Crippen LogP contribution in [-0.4, -0.2) is 47.2 Å². The minimum Gasteiger partial charge on any atom is -0.493 e. The number of fused-ring (bicyclic) bond motifs is 4. The minimum absolute atomic E-state index is 0.0186. The lowest BCUT2D eigenvalue weighted by atomic mass is 9.87. The molecule has 11 heteroatoms. The predicted octanol–water partition coefficient (Wildman–Crippen LogP) is 4.09. The summed E-state index contributed by atoms with van der Waals surface area (Å²) in [7, 11) is 5.94. The van der Waals surface area contributed by atoms with E-state index in [9.17, 15) is 9.59 Å². The number of carbonyl (C=O) groups excluding carboxylic acids is 1. The Bertz CT molecular complexity index is 1670. The van der Waals surface area contributed by atoms with E-state index in [0.29, 0.717) is 56.7 Å². The van der Waals surface area contributed by atoms with E-state index in [1.807, 2.05) is 0 Å². The van der Waals surface area contributed by atoms with Crippen molar-refractivity contribution in [1.82, 2.24) is 0 Å². The molecular weight excluding hydrogens is 522 g/mol. The smallest absolute Gasteiger partial charge is 0.344 e. The summed E-state index contributed by atoms with van der Waals surface area (Å²) in [4.78, 5) is 27.2. The molecular formula is C29H25NO10. The minimum atomic E-state index is -1.16. The Morgan fingerprint density at radius 2 is 1.60 bits per heavy atom. The first-order valence-corrected chi connectivity index (χ1v) is 12.3. The van der Waals surface area contributed by atoms with E-state index in [2.05, 4.69) is 5.32 Å². The van der Waals surface area contributed by atoms with Crippen LogP contribution in [0.25, 0.3) is 11.0 Å². The fourth-order valence-electron chi connectivity index (χ4n) is 5.12. The van der Waals surface area contributed by atoms with Gasteiger partial charge in [0.1, 0.15) is 11.3 Å². The van der Waals surface area contributed by atoms with Crippen LogP contribution >= 0.6 is 0 Å². The lowest BCUT2D eigenvalue weighted by Crippen LogP contribution is -2.35. The Morgan fingerprint density at radius 3 is 2.30 bits per heavy atom. The van der Waals surface area contributed by atoms with Gasteiger partial charge in [-0.2, -0.15) is 0 Å². The van der Waals surface area contributed by atoms with Crippen molar-refractivity contribution in [3.05, 3.63) is 70.1 Å². The highest BCUT2D eigenvalue weighted by molar-refractivity contribution is 5.98. The van der Waals surface area contributed by atoms with Crippen molar-refractivity contribution in [2.45, 2.75) is 12.0 Å². The Kier molecular flexibility index (Phi) is 6.25. The molecule has 0 unspecified atom stereocenters. The van der Waals surface area contributed by atoms with Crippen LogP contribution in [0.5, 0.6) is 40.2 Å². The third-order valence-corrected chi connectivity index (χ3v) is 6.89. The Morgan fingerprint density at radius 1 is 0.875 bits per heavy atom. The molecule has 1 N–H and O–H groups in total. The average molecular weight is 548 g/mol. The molecule has 0 saturated carbocycles. The van der Waals surface area contributed by atoms with Crippen molar-refractivity contribution in [2.75, 3.05) is 40.5 Å². The number of methoxy groups -OCH3 is 4. The van der Waals surface area contributed by atoms with Crippen molar-refractivity contribution < 1.29 is 42.4 Å². The highest BCUT2D eigenvalue weighted by Gasteiger charge is 2.45. The fraction of sp³-hybridized carbons (Fsp3) is 0.241. The van der Waals surface area contributed by atoms with Gasteiger partial charge in [-0.25, -0.2) is 4.79 Å². The molecule has 3 aromatic carbocycles. The monoisotopic (exact) mass is 547 g/mol. The molecule has 11 nitrogen and oxygen atoms in total. The summed E-state index contributed by atoms with van der Waals surface area (Å²) in [5, 5.41) is 3.44. The van der Waals surface area contributed by atoms with Gasteiger partial charge < -0.3 is 42.9 Å². The molecule has 206 valence electrons. The molecule has 1 aromatic heterocycles. The van der Waals surface area contributed by atoms with Crippen molar-refractivity contribution in [1.29, 1.82) is 0 Å². The van der Waals surface area contributed by atoms with Crippen molar-refractivity contribution in [3.63, 3.8) is 0 Å². The Balaban J connectivity index is 1.48. The molecule has 1 amide bonds. The van der Waals surface area contributed by atoms with Crippen LogP contribution in [0.15, 0.2) is 57.7 Å². The second-order valence-corrected chi connectivity index (χ2v) is 9.00. The molecule has 3 heterocycles. The predicted molar refractivity (Wildman–Crippen MR) is 143 cm³/mol. The zero-order chi connectivity index (χ0) is 28.0. The molecule has 0 radical (unpaired) electrons. The van der Waals surface area contributed by atoms with E-state index in [-0.39, 0.29) is 18.1 Å². The number of para-hydroxylation sites is 1. The summed E-state index contributed by atoms with van der Waals surface area (Å²) in [6.07, 6.45) is -1.16. The molecule has 2 aliphatic rings. The van der Waals surface area contributed by atoms with Crippen molar-refractivity contribution in [3.8, 4) is 40.2 Å². The van der Waals surface area contributed by atoms with E-state index in [4.69, 9.17) is 37.6 Å². The third-order valence-electron chi connectivity index (χ3n) is 6.89. The van der Waals surface area contributed by atoms with E-state index < -0.39 is 23.6 Å². The van der Waals surface area contributed by atoms with Crippen LogP contribution in [0.4, 0.5) is 5.69 Å². The quantitative estimate of drug-likeness (QED) is 0.338. The SMILES string of the molecule is COc1cc(NC(=O)[C@@H]2Oc3c(c(=O)oc4ccccc34)[C@H]2c2cc(OC)c3c(c2)OCO3)cc(OC)c1OC. The van der Waals surface area contributed by atoms with Crippen LogP contribution in [0.3, 0.4) is 0 Å². The molecule has 0 aliphatic carbocycles. The normalized spacial score (nSPS) is 16.7. The highest BCUT2D eigenvalue weighted by atomic mass is 16.7. The maximum absolute atomic E-state index is 13.9. The van der Waals surface area contributed by atoms with Gasteiger partial charge in [-0.1, -0.05) is 12.1 Å². The van der Waals surface area contributed by atoms with Crippen LogP contribution in [-0.2, 0) is 4.79 Å². The second kappa shape index (κ2) is 9.92. The maximum Gasteiger partial charge on any atom is 0.344 e. The molecule has 4 aromatic rings. The summed E-state index contributed by atoms with van der Waals surface area (Å²) in [6, 6.07) is 13.6. The van der Waals surface area contributed by atoms with Gasteiger partial charge in [0.15, 0.2) is 29.1 Å². The topological polar surface area (TPSA) is 124 Å². The summed E-state index contributed by atoms with van der Waals surface area (Å²) in [5.74, 6) is 1.25. The third kappa shape index (κ3) is 3.98. The molecule has 2 aliphatic heterocycles. The second-order valence-electron chi connectivity index (χ2n) is 9.00. The van der Waals surface area contributed by atoms with Gasteiger partial charge in [-0.15, -0.1) is 0 Å². The summed E-state index contributed by atoms with van der Waals surface area (Å²) in [6.45, 7) is 0.0186. The van der Waals surface area contributed by atoms with Gasteiger partial charge >= 0.3 is 5.63 Å². The number of ether oxygens (including phenoxy) is 7. The number of carbonyl (C=O) groups is 1. The summed E-state index contributed by atoms with van der Waals surface area (Å²) in [5.41, 5.74) is 0.868. The summed E-state index contributed by atoms with van der Waals surface area (Å²) >= 11 is 0. The number of hydrogen-bond acceptors (Lipinski definition) is 10. The number of benzene rings is 3. The Hall–Kier alpha value is -5.06. The number of amides is 1. The van der Waals surface area contributed by atoms with Gasteiger partial charge in [0.05, 0.1) is 45.3 Å². The molecule has 0 spiro atoms. The molecule has 0 fully saturated rings. The molecule has 6 rings (SSSR count). The van der Waals surface area contributed by atoms with Crippen molar-refractivity contribution in [2.24, 2.45) is 0 Å². The van der Waals surface area contributed by atoms with Gasteiger partial charge in [0.2, 0.25) is 18.3 Å². The van der Waals surface area contributed by atoms with Crippen LogP contribution in [0.1, 0.15) is 17.0 Å². The maximum atomic E-state index is 13.9. The first-order valence-electron chi connectivity index (χ1n) is 12.3. The van der Waals surface area contributed by atoms with Gasteiger partial charge in [-0.05, 0) is 29.8 Å². The van der Waals surface area contributed by atoms with Crippen LogP contribution in [0.2, 0.25) is 0 Å². The Labute approximate surface area is 228 Å². The van der Waals surface area contributed by atoms with Gasteiger partial charge in [0, 0.05) is 17.8 Å². The number of anilines is 1. The zero-order valence-corrected chi connectivity index (χ0v) is 22.1. The molecule has 2 atom stereocenters. The lowest BCUT2D eigenvalue weighted by molar-refractivity contribution is -0.122. The first kappa shape index (κ1) is 25.2. The molecule has 0 saturated heterocycles. The fourth-order valence-corrected chi connectivity index (χ4v) is 5.12. The molecule has 40 heavy (non-hydrogen) atoms. The van der Waals surface area contributed by atoms with E-state index in [1.54, 1.807) is 48.5 Å². The number of nitrogens with one attached hydrogen (secondary N) is 1. The number of rotatable bonds is 7. The van der Waals surface area contributed by atoms with E-state index >= 15 is 0 Å². The van der Waals surface area contributed by atoms with Crippen molar-refractivity contribution >= 4 is 22.6 Å². The first-order chi connectivity index (χ1) is 19.5. The van der Waals surface area contributed by atoms with Crippen LogP contribution in [0, 0.1) is 0 Å².